The van der Waals surface area contributed by atoms with E-state index in [-0.39, 0.29) is 16.5 Å². The highest BCUT2D eigenvalue weighted by Gasteiger charge is 2.34. The SMILES string of the molecule is O=Cc1cnc(OC(F)(F)F)c(F)c1CBr. The molecule has 0 radical (unpaired) electrons. The maximum Gasteiger partial charge on any atom is 0.574 e. The van der Waals surface area contributed by atoms with Crippen molar-refractivity contribution in [1.29, 1.82) is 0 Å². The van der Waals surface area contributed by atoms with E-state index in [0.29, 0.717) is 6.29 Å². The van der Waals surface area contributed by atoms with E-state index < -0.39 is 18.1 Å². The largest absolute Gasteiger partial charge is 0.574 e. The van der Waals surface area contributed by atoms with E-state index in [1.807, 2.05) is 0 Å². The Balaban J connectivity index is 3.19. The van der Waals surface area contributed by atoms with Gasteiger partial charge in [0.2, 0.25) is 0 Å². The molecule has 0 saturated carbocycles. The van der Waals surface area contributed by atoms with Gasteiger partial charge >= 0.3 is 6.36 Å². The average molecular weight is 302 g/mol. The van der Waals surface area contributed by atoms with Crippen LogP contribution < -0.4 is 4.74 Å². The molecule has 1 heterocycles. The number of alkyl halides is 4. The number of halogens is 5. The lowest BCUT2D eigenvalue weighted by Crippen LogP contribution is -2.19. The lowest BCUT2D eigenvalue weighted by molar-refractivity contribution is -0.277. The third-order valence-electron chi connectivity index (χ3n) is 1.60. The van der Waals surface area contributed by atoms with E-state index in [1.54, 1.807) is 0 Å². The van der Waals surface area contributed by atoms with Gasteiger partial charge in [-0.05, 0) is 0 Å². The van der Waals surface area contributed by atoms with Crippen molar-refractivity contribution in [3.8, 4) is 5.88 Å². The first-order valence-electron chi connectivity index (χ1n) is 3.83. The van der Waals surface area contributed by atoms with Gasteiger partial charge in [-0.15, -0.1) is 13.2 Å². The van der Waals surface area contributed by atoms with Crippen LogP contribution in [0.15, 0.2) is 6.20 Å². The predicted octanol–water partition coefficient (Wildman–Crippen LogP) is 2.83. The number of aromatic nitrogens is 1. The summed E-state index contributed by atoms with van der Waals surface area (Å²) in [6, 6.07) is 0. The minimum Gasteiger partial charge on any atom is -0.385 e. The van der Waals surface area contributed by atoms with Crippen LogP contribution in [0.5, 0.6) is 5.88 Å². The van der Waals surface area contributed by atoms with Gasteiger partial charge in [0, 0.05) is 22.7 Å². The molecule has 0 atom stereocenters. The molecule has 16 heavy (non-hydrogen) atoms. The Morgan fingerprint density at radius 2 is 2.12 bits per heavy atom. The van der Waals surface area contributed by atoms with E-state index in [2.05, 4.69) is 25.7 Å². The monoisotopic (exact) mass is 301 g/mol. The molecule has 0 fully saturated rings. The van der Waals surface area contributed by atoms with Gasteiger partial charge in [0.05, 0.1) is 0 Å². The Morgan fingerprint density at radius 3 is 2.56 bits per heavy atom. The Kier molecular flexibility index (Phi) is 3.84. The van der Waals surface area contributed by atoms with Crippen LogP contribution in [0.4, 0.5) is 17.6 Å². The quantitative estimate of drug-likeness (QED) is 0.489. The van der Waals surface area contributed by atoms with Crippen molar-refractivity contribution in [2.45, 2.75) is 11.7 Å². The number of hydrogen-bond donors (Lipinski definition) is 0. The van der Waals surface area contributed by atoms with Gasteiger partial charge in [-0.1, -0.05) is 15.9 Å². The summed E-state index contributed by atoms with van der Waals surface area (Å²) in [7, 11) is 0. The van der Waals surface area contributed by atoms with Gasteiger partial charge in [-0.25, -0.2) is 9.37 Å². The van der Waals surface area contributed by atoms with Crippen molar-refractivity contribution in [1.82, 2.24) is 4.98 Å². The van der Waals surface area contributed by atoms with Crippen LogP contribution in [0, 0.1) is 5.82 Å². The Hall–Kier alpha value is -1.18. The highest BCUT2D eigenvalue weighted by Crippen LogP contribution is 2.27. The Labute approximate surface area is 95.6 Å². The maximum absolute atomic E-state index is 13.4. The Bertz CT molecular complexity index is 408. The molecular weight excluding hydrogens is 298 g/mol. The fraction of sp³-hybridized carbons (Fsp3) is 0.250. The first kappa shape index (κ1) is 12.9. The second-order valence-corrected chi connectivity index (χ2v) is 3.17. The van der Waals surface area contributed by atoms with Crippen LogP contribution in [0.25, 0.3) is 0 Å². The number of carbonyl (C=O) groups excluding carboxylic acids is 1. The van der Waals surface area contributed by atoms with E-state index in [9.17, 15) is 22.4 Å². The van der Waals surface area contributed by atoms with Crippen molar-refractivity contribution in [3.63, 3.8) is 0 Å². The molecule has 0 N–H and O–H groups in total. The molecule has 1 rings (SSSR count). The molecule has 0 bridgehead atoms. The fourth-order valence-corrected chi connectivity index (χ4v) is 1.51. The molecule has 0 aliphatic heterocycles. The second-order valence-electron chi connectivity index (χ2n) is 2.61. The fourth-order valence-electron chi connectivity index (χ4n) is 0.937. The average Bonchev–Trinajstić information content (AvgIpc) is 2.19. The molecular formula is C8H4BrF4NO2. The minimum absolute atomic E-state index is 0.121. The summed E-state index contributed by atoms with van der Waals surface area (Å²) in [4.78, 5) is 13.5. The number of rotatable bonds is 3. The topological polar surface area (TPSA) is 39.2 Å². The molecule has 0 spiro atoms. The smallest absolute Gasteiger partial charge is 0.385 e. The summed E-state index contributed by atoms with van der Waals surface area (Å²) in [5.41, 5.74) is -0.367. The summed E-state index contributed by atoms with van der Waals surface area (Å²) >= 11 is 2.85. The number of aldehydes is 1. The molecule has 88 valence electrons. The number of hydrogen-bond acceptors (Lipinski definition) is 3. The van der Waals surface area contributed by atoms with Gasteiger partial charge in [0.15, 0.2) is 12.1 Å². The van der Waals surface area contributed by atoms with Crippen LogP contribution in [-0.2, 0) is 5.33 Å². The van der Waals surface area contributed by atoms with Crippen LogP contribution in [0.1, 0.15) is 15.9 Å². The molecule has 0 unspecified atom stereocenters. The molecule has 0 aliphatic rings. The normalized spacial score (nSPS) is 11.3. The van der Waals surface area contributed by atoms with E-state index in [4.69, 9.17) is 0 Å². The summed E-state index contributed by atoms with van der Waals surface area (Å²) < 4.78 is 52.2. The molecule has 0 saturated heterocycles. The van der Waals surface area contributed by atoms with E-state index >= 15 is 0 Å². The lowest BCUT2D eigenvalue weighted by Gasteiger charge is -2.10. The minimum atomic E-state index is -5.03. The van der Waals surface area contributed by atoms with Gasteiger partial charge in [0.1, 0.15) is 0 Å². The standard InChI is InChI=1S/C8H4BrF4NO2/c9-1-5-4(3-15)2-14-7(6(5)10)16-8(11,12)13/h2-3H,1H2. The second kappa shape index (κ2) is 4.77. The van der Waals surface area contributed by atoms with Gasteiger partial charge in [0.25, 0.3) is 5.88 Å². The number of carbonyl (C=O) groups is 1. The number of nitrogens with zero attached hydrogens (tertiary/aromatic N) is 1. The van der Waals surface area contributed by atoms with Crippen molar-refractivity contribution >= 4 is 22.2 Å². The zero-order valence-electron chi connectivity index (χ0n) is 7.52. The van der Waals surface area contributed by atoms with Gasteiger partial charge < -0.3 is 4.74 Å². The van der Waals surface area contributed by atoms with Crippen molar-refractivity contribution in [3.05, 3.63) is 23.1 Å². The predicted molar refractivity (Wildman–Crippen MR) is 48.9 cm³/mol. The lowest BCUT2D eigenvalue weighted by atomic mass is 10.2. The van der Waals surface area contributed by atoms with Crippen LogP contribution in [0.2, 0.25) is 0 Å². The highest BCUT2D eigenvalue weighted by molar-refractivity contribution is 9.08. The molecule has 8 heteroatoms. The third kappa shape index (κ3) is 2.91. The first-order valence-corrected chi connectivity index (χ1v) is 4.95. The first-order chi connectivity index (χ1) is 7.39. The van der Waals surface area contributed by atoms with Crippen LogP contribution in [-0.4, -0.2) is 17.6 Å². The van der Waals surface area contributed by atoms with Gasteiger partial charge in [-0.3, -0.25) is 4.79 Å². The van der Waals surface area contributed by atoms with Gasteiger partial charge in [-0.2, -0.15) is 0 Å². The van der Waals surface area contributed by atoms with Crippen LogP contribution in [0.3, 0.4) is 0 Å². The molecule has 1 aromatic heterocycles. The zero-order chi connectivity index (χ0) is 12.3. The summed E-state index contributed by atoms with van der Waals surface area (Å²) in [6.07, 6.45) is -3.92. The number of ether oxygens (including phenoxy) is 1. The van der Waals surface area contributed by atoms with Crippen molar-refractivity contribution in [2.24, 2.45) is 0 Å². The van der Waals surface area contributed by atoms with Crippen molar-refractivity contribution < 1.29 is 27.1 Å². The van der Waals surface area contributed by atoms with E-state index in [1.165, 1.54) is 0 Å². The van der Waals surface area contributed by atoms with E-state index in [0.717, 1.165) is 6.20 Å². The zero-order valence-corrected chi connectivity index (χ0v) is 9.10. The highest BCUT2D eigenvalue weighted by atomic mass is 79.9. The molecule has 3 nitrogen and oxygen atoms in total. The Morgan fingerprint density at radius 1 is 1.50 bits per heavy atom. The maximum atomic E-state index is 13.4. The summed E-state index contributed by atoms with van der Waals surface area (Å²) in [5, 5.41) is -0.121. The molecule has 0 amide bonds. The van der Waals surface area contributed by atoms with Crippen LogP contribution >= 0.6 is 15.9 Å². The molecule has 1 aromatic rings. The molecule has 0 aliphatic carbocycles. The van der Waals surface area contributed by atoms with Crippen molar-refractivity contribution in [2.75, 3.05) is 0 Å². The molecule has 0 aromatic carbocycles. The number of pyridine rings is 1. The summed E-state index contributed by atoms with van der Waals surface area (Å²) in [6.45, 7) is 0. The summed E-state index contributed by atoms with van der Waals surface area (Å²) in [5.74, 6) is -2.51. The third-order valence-corrected chi connectivity index (χ3v) is 2.16.